The Morgan fingerprint density at radius 3 is 2.57 bits per heavy atom. The van der Waals surface area contributed by atoms with Crippen molar-refractivity contribution in [3.8, 4) is 0 Å². The predicted octanol–water partition coefficient (Wildman–Crippen LogP) is 3.76. The highest BCUT2D eigenvalue weighted by Gasteiger charge is 2.17. The maximum Gasteiger partial charge on any atom is 0.349 e. The van der Waals surface area contributed by atoms with Gasteiger partial charge in [-0.15, -0.1) is 0 Å². The van der Waals surface area contributed by atoms with Gasteiger partial charge in [-0.2, -0.15) is 0 Å². The van der Waals surface area contributed by atoms with Crippen molar-refractivity contribution < 1.29 is 19.2 Å². The van der Waals surface area contributed by atoms with Gasteiger partial charge in [-0.3, -0.25) is 14.9 Å². The minimum atomic E-state index is -0.813. The number of nitrogens with one attached hydrogen (secondary N) is 1. The van der Waals surface area contributed by atoms with Crippen molar-refractivity contribution in [1.82, 2.24) is 0 Å². The van der Waals surface area contributed by atoms with Gasteiger partial charge in [0.2, 0.25) is 0 Å². The van der Waals surface area contributed by atoms with Crippen molar-refractivity contribution in [2.24, 2.45) is 0 Å². The molecule has 0 bridgehead atoms. The average Bonchev–Trinajstić information content (AvgIpc) is 2.99. The normalized spacial score (nSPS) is 10.2. The molecule has 0 saturated heterocycles. The van der Waals surface area contributed by atoms with Gasteiger partial charge in [0.05, 0.1) is 15.0 Å². The number of ether oxygens (including phenoxy) is 1. The van der Waals surface area contributed by atoms with Crippen molar-refractivity contribution in [2.75, 3.05) is 11.9 Å². The molecule has 1 aromatic carbocycles. The number of halogens is 2. The van der Waals surface area contributed by atoms with Crippen LogP contribution < -0.4 is 5.32 Å². The van der Waals surface area contributed by atoms with Gasteiger partial charge in [0, 0.05) is 11.8 Å². The summed E-state index contributed by atoms with van der Waals surface area (Å²) in [6, 6.07) is 6.96. The fourth-order valence-corrected chi connectivity index (χ4v) is 2.52. The molecule has 0 fully saturated rings. The number of hydrogen-bond donors (Lipinski definition) is 1. The Morgan fingerprint density at radius 1 is 1.22 bits per heavy atom. The van der Waals surface area contributed by atoms with Crippen molar-refractivity contribution in [2.45, 2.75) is 0 Å². The monoisotopic (exact) mass is 374 g/mol. The topological polar surface area (TPSA) is 98.5 Å². The van der Waals surface area contributed by atoms with Crippen molar-refractivity contribution >= 4 is 57.1 Å². The molecule has 1 aromatic heterocycles. The molecule has 7 nitrogen and oxygen atoms in total. The quantitative estimate of drug-likeness (QED) is 0.487. The number of esters is 1. The zero-order chi connectivity index (χ0) is 17.0. The Labute approximate surface area is 143 Å². The lowest BCUT2D eigenvalue weighted by Gasteiger charge is -2.06. The Bertz CT molecular complexity index is 777. The number of hydrogen-bond acceptors (Lipinski definition) is 6. The van der Waals surface area contributed by atoms with Crippen LogP contribution in [0.25, 0.3) is 0 Å². The second-order valence-electron chi connectivity index (χ2n) is 4.15. The minimum absolute atomic E-state index is 0.0408. The number of carbonyl (C=O) groups excluding carboxylic acids is 2. The maximum absolute atomic E-state index is 11.7. The molecule has 0 aliphatic rings. The zero-order valence-corrected chi connectivity index (χ0v) is 13.6. The molecule has 0 spiro atoms. The average molecular weight is 375 g/mol. The first-order chi connectivity index (χ1) is 10.9. The van der Waals surface area contributed by atoms with E-state index in [9.17, 15) is 19.7 Å². The molecule has 0 atom stereocenters. The summed E-state index contributed by atoms with van der Waals surface area (Å²) in [5.74, 6) is -1.39. The highest BCUT2D eigenvalue weighted by atomic mass is 35.5. The van der Waals surface area contributed by atoms with Gasteiger partial charge >= 0.3 is 11.0 Å². The summed E-state index contributed by atoms with van der Waals surface area (Å²) in [4.78, 5) is 33.3. The number of carbonyl (C=O) groups is 2. The first kappa shape index (κ1) is 17.2. The lowest BCUT2D eigenvalue weighted by Crippen LogP contribution is -2.20. The number of anilines is 1. The van der Waals surface area contributed by atoms with Gasteiger partial charge in [-0.25, -0.2) is 4.79 Å². The fraction of sp³-hybridized carbons (Fsp3) is 0.0769. The van der Waals surface area contributed by atoms with E-state index >= 15 is 0 Å². The zero-order valence-electron chi connectivity index (χ0n) is 11.2. The summed E-state index contributed by atoms with van der Waals surface area (Å²) in [7, 11) is 0. The lowest BCUT2D eigenvalue weighted by molar-refractivity contribution is -0.380. The van der Waals surface area contributed by atoms with E-state index in [0.717, 1.165) is 0 Å². The second kappa shape index (κ2) is 7.40. The van der Waals surface area contributed by atoms with Gasteiger partial charge in [0.15, 0.2) is 6.61 Å². The standard InChI is InChI=1S/C13H8Cl2N2O5S/c14-8-2-1-7(5-9(8)15)16-11(18)6-22-13(19)10-3-4-12(23-10)17(20)21/h1-5H,6H2,(H,16,18). The van der Waals surface area contributed by atoms with Gasteiger partial charge in [0.25, 0.3) is 5.91 Å². The van der Waals surface area contributed by atoms with Crippen LogP contribution in [0.15, 0.2) is 30.3 Å². The van der Waals surface area contributed by atoms with E-state index in [2.05, 4.69) is 5.32 Å². The number of benzene rings is 1. The second-order valence-corrected chi connectivity index (χ2v) is 6.02. The van der Waals surface area contributed by atoms with Crippen LogP contribution in [-0.2, 0) is 9.53 Å². The first-order valence-corrected chi connectivity index (χ1v) is 7.60. The van der Waals surface area contributed by atoms with E-state index in [1.807, 2.05) is 0 Å². The molecule has 10 heteroatoms. The molecular formula is C13H8Cl2N2O5S. The fourth-order valence-electron chi connectivity index (χ4n) is 1.51. The SMILES string of the molecule is O=C(COC(=O)c1ccc([N+](=O)[O-])s1)Nc1ccc(Cl)c(Cl)c1. The number of nitro groups is 1. The van der Waals surface area contributed by atoms with Crippen molar-refractivity contribution in [3.63, 3.8) is 0 Å². The summed E-state index contributed by atoms with van der Waals surface area (Å²) >= 11 is 12.2. The number of rotatable bonds is 5. The largest absolute Gasteiger partial charge is 0.451 e. The van der Waals surface area contributed by atoms with Crippen LogP contribution in [0.4, 0.5) is 10.7 Å². The molecule has 1 N–H and O–H groups in total. The lowest BCUT2D eigenvalue weighted by atomic mass is 10.3. The van der Waals surface area contributed by atoms with Crippen LogP contribution >= 0.6 is 34.5 Å². The Hall–Kier alpha value is -2.16. The molecule has 0 saturated carbocycles. The Balaban J connectivity index is 1.89. The van der Waals surface area contributed by atoms with E-state index in [0.29, 0.717) is 22.0 Å². The number of amides is 1. The van der Waals surface area contributed by atoms with E-state index < -0.39 is 23.4 Å². The van der Waals surface area contributed by atoms with Gasteiger partial charge < -0.3 is 10.1 Å². The molecule has 23 heavy (non-hydrogen) atoms. The maximum atomic E-state index is 11.7. The van der Waals surface area contributed by atoms with Crippen LogP contribution in [0.3, 0.4) is 0 Å². The predicted molar refractivity (Wildman–Crippen MR) is 86.3 cm³/mol. The third-order valence-electron chi connectivity index (χ3n) is 2.51. The first-order valence-electron chi connectivity index (χ1n) is 6.03. The smallest absolute Gasteiger partial charge is 0.349 e. The molecule has 2 aromatic rings. The van der Waals surface area contributed by atoms with Crippen LogP contribution in [0.5, 0.6) is 0 Å². The summed E-state index contributed by atoms with van der Waals surface area (Å²) in [5.41, 5.74) is 0.396. The number of nitrogens with zero attached hydrogens (tertiary/aromatic N) is 1. The molecule has 0 unspecified atom stereocenters. The molecule has 120 valence electrons. The molecule has 0 aliphatic carbocycles. The highest BCUT2D eigenvalue weighted by Crippen LogP contribution is 2.25. The molecular weight excluding hydrogens is 367 g/mol. The minimum Gasteiger partial charge on any atom is -0.451 e. The summed E-state index contributed by atoms with van der Waals surface area (Å²) < 4.78 is 4.79. The molecule has 0 aliphatic heterocycles. The number of thiophene rings is 1. The van der Waals surface area contributed by atoms with E-state index in [1.165, 1.54) is 30.3 Å². The van der Waals surface area contributed by atoms with Gasteiger partial charge in [-0.05, 0) is 24.3 Å². The molecule has 0 radical (unpaired) electrons. The molecule has 1 amide bonds. The summed E-state index contributed by atoms with van der Waals surface area (Å²) in [6.07, 6.45) is 0. The van der Waals surface area contributed by atoms with E-state index in [-0.39, 0.29) is 14.9 Å². The third kappa shape index (κ3) is 4.65. The molecule has 1 heterocycles. The van der Waals surface area contributed by atoms with Crippen LogP contribution in [0, 0.1) is 10.1 Å². The van der Waals surface area contributed by atoms with Gasteiger partial charge in [0.1, 0.15) is 4.88 Å². The van der Waals surface area contributed by atoms with Crippen LogP contribution in [0.1, 0.15) is 9.67 Å². The Morgan fingerprint density at radius 2 is 1.96 bits per heavy atom. The van der Waals surface area contributed by atoms with Gasteiger partial charge in [-0.1, -0.05) is 34.5 Å². The van der Waals surface area contributed by atoms with Crippen LogP contribution in [0.2, 0.25) is 10.0 Å². The summed E-state index contributed by atoms with van der Waals surface area (Å²) in [5, 5.41) is 13.4. The van der Waals surface area contributed by atoms with Crippen molar-refractivity contribution in [1.29, 1.82) is 0 Å². The van der Waals surface area contributed by atoms with Crippen molar-refractivity contribution in [3.05, 3.63) is 55.4 Å². The molecule has 2 rings (SSSR count). The van der Waals surface area contributed by atoms with E-state index in [1.54, 1.807) is 0 Å². The van der Waals surface area contributed by atoms with E-state index in [4.69, 9.17) is 27.9 Å². The third-order valence-corrected chi connectivity index (χ3v) is 4.27. The highest BCUT2D eigenvalue weighted by molar-refractivity contribution is 7.17. The Kier molecular flexibility index (Phi) is 5.54. The van der Waals surface area contributed by atoms with Crippen LogP contribution in [-0.4, -0.2) is 23.4 Å². The summed E-state index contributed by atoms with van der Waals surface area (Å²) in [6.45, 7) is -0.537.